The predicted octanol–water partition coefficient (Wildman–Crippen LogP) is 4.56. The molecular weight excluding hydrogens is 273 g/mol. The summed E-state index contributed by atoms with van der Waals surface area (Å²) < 4.78 is 12.5. The van der Waals surface area contributed by atoms with Crippen LogP contribution in [0.15, 0.2) is 42.5 Å². The molecule has 0 radical (unpaired) electrons. The molecule has 0 aromatic heterocycles. The van der Waals surface area contributed by atoms with E-state index in [1.807, 2.05) is 12.1 Å². The average molecular weight is 291 g/mol. The number of benzene rings is 2. The zero-order valence-electron chi connectivity index (χ0n) is 12.2. The molecule has 0 atom stereocenters. The third-order valence-corrected chi connectivity index (χ3v) is 2.91. The molecule has 112 valence electrons. The number of phenols is 1. The minimum Gasteiger partial charge on any atom is -0.508 e. The van der Waals surface area contributed by atoms with Crippen LogP contribution < -0.4 is 0 Å². The lowest BCUT2D eigenvalue weighted by Gasteiger charge is -2.03. The average Bonchev–Trinajstić information content (AvgIpc) is 2.43. The van der Waals surface area contributed by atoms with Gasteiger partial charge in [-0.3, -0.25) is 10.1 Å². The zero-order valence-corrected chi connectivity index (χ0v) is 12.2. The Morgan fingerprint density at radius 1 is 1.14 bits per heavy atom. The number of nitrogens with zero attached hydrogens (tertiary/aromatic N) is 1. The number of nitro groups is 1. The Hall–Kier alpha value is -2.43. The maximum Gasteiger partial charge on any atom is 0.269 e. The lowest BCUT2D eigenvalue weighted by molar-refractivity contribution is -0.385. The number of nitro benzene ring substituents is 1. The first-order valence-electron chi connectivity index (χ1n) is 6.50. The van der Waals surface area contributed by atoms with Gasteiger partial charge in [0, 0.05) is 12.1 Å². The highest BCUT2D eigenvalue weighted by atomic mass is 19.1. The summed E-state index contributed by atoms with van der Waals surface area (Å²) in [5, 5.41) is 19.1. The molecular formula is C16H18FNO3. The maximum atomic E-state index is 12.5. The summed E-state index contributed by atoms with van der Waals surface area (Å²) in [4.78, 5) is 9.60. The van der Waals surface area contributed by atoms with Gasteiger partial charge < -0.3 is 5.11 Å². The van der Waals surface area contributed by atoms with Crippen LogP contribution in [0.5, 0.6) is 5.75 Å². The molecule has 1 N–H and O–H groups in total. The molecule has 0 bridgehead atoms. The van der Waals surface area contributed by atoms with Crippen molar-refractivity contribution in [2.24, 2.45) is 0 Å². The molecule has 0 fully saturated rings. The number of phenolic OH excluding ortho intramolecular Hbond substituents is 1. The third kappa shape index (κ3) is 5.22. The molecule has 0 aliphatic carbocycles. The van der Waals surface area contributed by atoms with Crippen LogP contribution in [-0.4, -0.2) is 10.0 Å². The fraction of sp³-hybridized carbons (Fsp3) is 0.250. The van der Waals surface area contributed by atoms with Gasteiger partial charge in [-0.1, -0.05) is 26.0 Å². The first-order valence-corrected chi connectivity index (χ1v) is 6.50. The molecule has 2 aromatic carbocycles. The van der Waals surface area contributed by atoms with Crippen LogP contribution in [0.25, 0.3) is 0 Å². The Kier molecular flexibility index (Phi) is 5.84. The molecule has 21 heavy (non-hydrogen) atoms. The van der Waals surface area contributed by atoms with Gasteiger partial charge in [0.25, 0.3) is 5.69 Å². The van der Waals surface area contributed by atoms with Crippen LogP contribution in [0.3, 0.4) is 0 Å². The number of hydrogen-bond acceptors (Lipinski definition) is 3. The molecule has 0 unspecified atom stereocenters. The minimum absolute atomic E-state index is 0.0797. The Labute approximate surface area is 123 Å². The van der Waals surface area contributed by atoms with Gasteiger partial charge in [-0.2, -0.15) is 0 Å². The number of aromatic hydroxyl groups is 1. The highest BCUT2D eigenvalue weighted by Gasteiger charge is 2.06. The molecule has 0 saturated carbocycles. The highest BCUT2D eigenvalue weighted by molar-refractivity contribution is 5.34. The van der Waals surface area contributed by atoms with E-state index < -0.39 is 10.7 Å². The second-order valence-corrected chi connectivity index (χ2v) is 4.94. The quantitative estimate of drug-likeness (QED) is 0.651. The van der Waals surface area contributed by atoms with Crippen LogP contribution in [0.4, 0.5) is 10.1 Å². The Morgan fingerprint density at radius 3 is 2.14 bits per heavy atom. The summed E-state index contributed by atoms with van der Waals surface area (Å²) in [5.74, 6) is 0.459. The van der Waals surface area contributed by atoms with Gasteiger partial charge in [0.1, 0.15) is 11.6 Å². The first kappa shape index (κ1) is 16.6. The van der Waals surface area contributed by atoms with Gasteiger partial charge >= 0.3 is 0 Å². The molecule has 2 rings (SSSR count). The van der Waals surface area contributed by atoms with E-state index >= 15 is 0 Å². The van der Waals surface area contributed by atoms with Gasteiger partial charge in [0.05, 0.1) is 4.92 Å². The van der Waals surface area contributed by atoms with E-state index in [0.29, 0.717) is 17.2 Å². The van der Waals surface area contributed by atoms with Crippen LogP contribution in [0.2, 0.25) is 0 Å². The van der Waals surface area contributed by atoms with Gasteiger partial charge in [-0.15, -0.1) is 0 Å². The number of rotatable bonds is 2. The van der Waals surface area contributed by atoms with E-state index in [4.69, 9.17) is 5.11 Å². The van der Waals surface area contributed by atoms with Gasteiger partial charge in [-0.05, 0) is 42.2 Å². The standard InChI is InChI=1S/C9H12O.C7H6FNO2/c1-7(2)8-3-5-9(10)6-4-8;1-5-4-6(9(10)11)2-3-7(5)8/h3-7,10H,1-2H3;2-4H,1H3. The summed E-state index contributed by atoms with van der Waals surface area (Å²) in [5.41, 5.74) is 1.47. The number of hydrogen-bond donors (Lipinski definition) is 1. The lowest BCUT2D eigenvalue weighted by Crippen LogP contribution is -1.89. The van der Waals surface area contributed by atoms with Crippen molar-refractivity contribution in [1.29, 1.82) is 0 Å². The topological polar surface area (TPSA) is 63.4 Å². The smallest absolute Gasteiger partial charge is 0.269 e. The Balaban J connectivity index is 0.000000211. The molecule has 0 saturated heterocycles. The first-order chi connectivity index (χ1) is 9.81. The summed E-state index contributed by atoms with van der Waals surface area (Å²) in [6, 6.07) is 10.8. The zero-order chi connectivity index (χ0) is 16.0. The van der Waals surface area contributed by atoms with Gasteiger partial charge in [0.15, 0.2) is 0 Å². The summed E-state index contributed by atoms with van der Waals surface area (Å²) >= 11 is 0. The Morgan fingerprint density at radius 2 is 1.71 bits per heavy atom. The van der Waals surface area contributed by atoms with Gasteiger partial charge in [-0.25, -0.2) is 4.39 Å². The maximum absolute atomic E-state index is 12.5. The molecule has 5 heteroatoms. The number of halogens is 1. The van der Waals surface area contributed by atoms with Crippen LogP contribution in [0.1, 0.15) is 30.9 Å². The molecule has 0 amide bonds. The van der Waals surface area contributed by atoms with Crippen molar-refractivity contribution in [2.75, 3.05) is 0 Å². The predicted molar refractivity (Wildman–Crippen MR) is 80.0 cm³/mol. The summed E-state index contributed by atoms with van der Waals surface area (Å²) in [6.07, 6.45) is 0. The van der Waals surface area contributed by atoms with Crippen molar-refractivity contribution in [3.8, 4) is 5.75 Å². The fourth-order valence-corrected chi connectivity index (χ4v) is 1.60. The van der Waals surface area contributed by atoms with E-state index in [2.05, 4.69) is 13.8 Å². The van der Waals surface area contributed by atoms with Crippen molar-refractivity contribution < 1.29 is 14.4 Å². The minimum atomic E-state index is -0.549. The fourth-order valence-electron chi connectivity index (χ4n) is 1.60. The molecule has 4 nitrogen and oxygen atoms in total. The van der Waals surface area contributed by atoms with Crippen LogP contribution in [-0.2, 0) is 0 Å². The molecule has 0 heterocycles. The molecule has 0 aliphatic rings. The van der Waals surface area contributed by atoms with E-state index in [0.717, 1.165) is 12.1 Å². The summed E-state index contributed by atoms with van der Waals surface area (Å²) in [7, 11) is 0. The molecule has 2 aromatic rings. The molecule has 0 aliphatic heterocycles. The van der Waals surface area contributed by atoms with E-state index in [1.165, 1.54) is 18.6 Å². The van der Waals surface area contributed by atoms with Crippen molar-refractivity contribution in [3.63, 3.8) is 0 Å². The summed E-state index contributed by atoms with van der Waals surface area (Å²) in [6.45, 7) is 5.75. The Bertz CT molecular complexity index is 609. The van der Waals surface area contributed by atoms with E-state index in [9.17, 15) is 14.5 Å². The van der Waals surface area contributed by atoms with E-state index in [-0.39, 0.29) is 5.69 Å². The second-order valence-electron chi connectivity index (χ2n) is 4.94. The van der Waals surface area contributed by atoms with Crippen molar-refractivity contribution >= 4 is 5.69 Å². The van der Waals surface area contributed by atoms with Gasteiger partial charge in [0.2, 0.25) is 0 Å². The largest absolute Gasteiger partial charge is 0.508 e. The normalized spacial score (nSPS) is 9.95. The van der Waals surface area contributed by atoms with Crippen molar-refractivity contribution in [2.45, 2.75) is 26.7 Å². The van der Waals surface area contributed by atoms with Crippen molar-refractivity contribution in [1.82, 2.24) is 0 Å². The highest BCUT2D eigenvalue weighted by Crippen LogP contribution is 2.17. The second kappa shape index (κ2) is 7.38. The van der Waals surface area contributed by atoms with Crippen molar-refractivity contribution in [3.05, 3.63) is 69.5 Å². The SMILES string of the molecule is CC(C)c1ccc(O)cc1.Cc1cc([N+](=O)[O-])ccc1F. The monoisotopic (exact) mass is 291 g/mol. The van der Waals surface area contributed by atoms with Crippen LogP contribution in [0, 0.1) is 22.9 Å². The molecule has 0 spiro atoms. The lowest BCUT2D eigenvalue weighted by atomic mass is 10.0. The van der Waals surface area contributed by atoms with Crippen LogP contribution >= 0.6 is 0 Å². The number of non-ortho nitro benzene ring substituents is 1. The third-order valence-electron chi connectivity index (χ3n) is 2.91. The number of aryl methyl sites for hydroxylation is 1. The van der Waals surface area contributed by atoms with E-state index in [1.54, 1.807) is 12.1 Å².